The number of pyridine rings is 1. The highest BCUT2D eigenvalue weighted by Gasteiger charge is 2.34. The lowest BCUT2D eigenvalue weighted by molar-refractivity contribution is -0.136. The zero-order valence-electron chi connectivity index (χ0n) is 12.1. The fraction of sp³-hybridized carbons (Fsp3) is 0.214. The van der Waals surface area contributed by atoms with Gasteiger partial charge in [-0.25, -0.2) is 4.98 Å². The highest BCUT2D eigenvalue weighted by Crippen LogP contribution is 2.38. The Bertz CT molecular complexity index is 890. The number of benzene rings is 1. The first kappa shape index (κ1) is 15.1. The van der Waals surface area contributed by atoms with Gasteiger partial charge in [-0.3, -0.25) is 0 Å². The van der Waals surface area contributed by atoms with Crippen molar-refractivity contribution in [2.75, 3.05) is 12.8 Å². The summed E-state index contributed by atoms with van der Waals surface area (Å²) in [5.41, 5.74) is 4.90. The molecule has 0 fully saturated rings. The van der Waals surface area contributed by atoms with Crippen LogP contribution in [0, 0.1) is 6.92 Å². The summed E-state index contributed by atoms with van der Waals surface area (Å²) < 4.78 is 50.0. The monoisotopic (exact) mass is 324 g/mol. The Kier molecular flexibility index (Phi) is 3.35. The van der Waals surface area contributed by atoms with Crippen molar-refractivity contribution in [2.24, 2.45) is 0 Å². The molecule has 0 saturated heterocycles. The third kappa shape index (κ3) is 2.65. The number of aromatic nitrogens is 3. The van der Waals surface area contributed by atoms with Crippen molar-refractivity contribution in [2.45, 2.75) is 13.1 Å². The van der Waals surface area contributed by atoms with Gasteiger partial charge in [0.05, 0.1) is 18.2 Å². The predicted molar refractivity (Wildman–Crippen MR) is 75.7 cm³/mol. The number of anilines is 1. The van der Waals surface area contributed by atoms with Crippen molar-refractivity contribution in [1.82, 2.24) is 15.2 Å². The Morgan fingerprint density at radius 3 is 2.48 bits per heavy atom. The normalized spacial score (nSPS) is 11.9. The summed E-state index contributed by atoms with van der Waals surface area (Å²) >= 11 is 0. The van der Waals surface area contributed by atoms with Gasteiger partial charge in [-0.05, 0) is 30.7 Å². The molecule has 0 spiro atoms. The number of hydrogen-bond acceptors (Lipinski definition) is 6. The molecule has 9 heteroatoms. The number of nitrogen functional groups attached to an aromatic ring is 1. The Labute approximate surface area is 128 Å². The van der Waals surface area contributed by atoms with Gasteiger partial charge in [0.15, 0.2) is 0 Å². The van der Waals surface area contributed by atoms with Gasteiger partial charge in [0.25, 0.3) is 5.89 Å². The summed E-state index contributed by atoms with van der Waals surface area (Å²) in [4.78, 5) is 4.03. The molecular weight excluding hydrogens is 313 g/mol. The van der Waals surface area contributed by atoms with Crippen molar-refractivity contribution in [3.8, 4) is 17.3 Å². The van der Waals surface area contributed by atoms with Gasteiger partial charge >= 0.3 is 12.2 Å². The number of halogens is 3. The minimum absolute atomic E-state index is 0.0450. The Morgan fingerprint density at radius 2 is 1.91 bits per heavy atom. The zero-order valence-corrected chi connectivity index (χ0v) is 12.1. The van der Waals surface area contributed by atoms with E-state index in [0.29, 0.717) is 10.9 Å². The molecule has 23 heavy (non-hydrogen) atoms. The van der Waals surface area contributed by atoms with Gasteiger partial charge in [0.1, 0.15) is 11.4 Å². The molecule has 0 aliphatic carbocycles. The molecular formula is C14H11F3N4O2. The molecule has 0 saturated carbocycles. The maximum Gasteiger partial charge on any atom is 0.418 e. The number of methoxy groups -OCH3 is 1. The summed E-state index contributed by atoms with van der Waals surface area (Å²) in [6, 6.07) is 3.76. The average molecular weight is 324 g/mol. The maximum absolute atomic E-state index is 13.3. The van der Waals surface area contributed by atoms with E-state index in [0.717, 1.165) is 6.07 Å². The van der Waals surface area contributed by atoms with E-state index < -0.39 is 11.7 Å². The quantitative estimate of drug-likeness (QED) is 0.779. The topological polar surface area (TPSA) is 87.1 Å². The van der Waals surface area contributed by atoms with E-state index >= 15 is 0 Å². The SMILES string of the molecule is COc1cc(C(F)(F)F)c2nc(-c3nnc(N)o3)cc(C)c2c1. The van der Waals surface area contributed by atoms with E-state index in [4.69, 9.17) is 14.9 Å². The lowest BCUT2D eigenvalue weighted by Gasteiger charge is -2.14. The summed E-state index contributed by atoms with van der Waals surface area (Å²) in [6.45, 7) is 1.66. The zero-order chi connectivity index (χ0) is 16.8. The van der Waals surface area contributed by atoms with Crippen LogP contribution >= 0.6 is 0 Å². The van der Waals surface area contributed by atoms with Crippen molar-refractivity contribution < 1.29 is 22.3 Å². The van der Waals surface area contributed by atoms with Crippen LogP contribution in [0.25, 0.3) is 22.5 Å². The van der Waals surface area contributed by atoms with Gasteiger partial charge in [0.2, 0.25) is 0 Å². The van der Waals surface area contributed by atoms with Gasteiger partial charge < -0.3 is 14.9 Å². The van der Waals surface area contributed by atoms with Gasteiger partial charge in [-0.1, -0.05) is 5.10 Å². The highest BCUT2D eigenvalue weighted by atomic mass is 19.4. The Balaban J connectivity index is 2.34. The second-order valence-corrected chi connectivity index (χ2v) is 4.84. The van der Waals surface area contributed by atoms with Crippen LogP contribution in [0.4, 0.5) is 19.2 Å². The first-order chi connectivity index (χ1) is 10.8. The van der Waals surface area contributed by atoms with Crippen LogP contribution in [0.1, 0.15) is 11.1 Å². The number of nitrogens with zero attached hydrogens (tertiary/aromatic N) is 3. The van der Waals surface area contributed by atoms with Crippen molar-refractivity contribution >= 4 is 16.9 Å². The molecule has 6 nitrogen and oxygen atoms in total. The van der Waals surface area contributed by atoms with Crippen molar-refractivity contribution in [3.63, 3.8) is 0 Å². The molecule has 0 atom stereocenters. The third-order valence-electron chi connectivity index (χ3n) is 3.29. The van der Waals surface area contributed by atoms with E-state index in [9.17, 15) is 13.2 Å². The minimum atomic E-state index is -4.58. The maximum atomic E-state index is 13.3. The number of fused-ring (bicyclic) bond motifs is 1. The fourth-order valence-corrected chi connectivity index (χ4v) is 2.25. The minimum Gasteiger partial charge on any atom is -0.497 e. The summed E-state index contributed by atoms with van der Waals surface area (Å²) in [5.74, 6) is 0.0564. The largest absolute Gasteiger partial charge is 0.497 e. The van der Waals surface area contributed by atoms with E-state index in [1.165, 1.54) is 13.2 Å². The molecule has 1 aromatic carbocycles. The van der Waals surface area contributed by atoms with Crippen LogP contribution in [-0.4, -0.2) is 22.3 Å². The average Bonchev–Trinajstić information content (AvgIpc) is 2.92. The fourth-order valence-electron chi connectivity index (χ4n) is 2.25. The molecule has 0 radical (unpaired) electrons. The van der Waals surface area contributed by atoms with E-state index in [1.54, 1.807) is 13.0 Å². The van der Waals surface area contributed by atoms with Crippen LogP contribution in [0.15, 0.2) is 22.6 Å². The lowest BCUT2D eigenvalue weighted by Crippen LogP contribution is -2.08. The Hall–Kier alpha value is -2.84. The molecule has 2 N–H and O–H groups in total. The lowest BCUT2D eigenvalue weighted by atomic mass is 10.0. The van der Waals surface area contributed by atoms with Crippen LogP contribution in [0.2, 0.25) is 0 Å². The number of aryl methyl sites for hydroxylation is 1. The molecule has 0 amide bonds. The molecule has 3 aromatic rings. The smallest absolute Gasteiger partial charge is 0.418 e. The number of rotatable bonds is 2. The first-order valence-corrected chi connectivity index (χ1v) is 6.45. The van der Waals surface area contributed by atoms with Crippen LogP contribution in [0.5, 0.6) is 5.75 Å². The van der Waals surface area contributed by atoms with Gasteiger partial charge in [-0.2, -0.15) is 13.2 Å². The van der Waals surface area contributed by atoms with E-state index in [1.807, 2.05) is 0 Å². The second kappa shape index (κ2) is 5.11. The standard InChI is InChI=1S/C14H11F3N4O2/c1-6-3-10(12-20-21-13(18)23-12)19-11-8(6)4-7(22-2)5-9(11)14(15,16)17/h3-5H,1-2H3,(H2,18,21). The molecule has 3 rings (SSSR count). The summed E-state index contributed by atoms with van der Waals surface area (Å²) in [5, 5.41) is 7.46. The number of alkyl halides is 3. The predicted octanol–water partition coefficient (Wildman–Crippen LogP) is 3.20. The van der Waals surface area contributed by atoms with Gasteiger partial charge in [-0.15, -0.1) is 5.10 Å². The molecule has 0 bridgehead atoms. The molecule has 2 aromatic heterocycles. The molecule has 0 aliphatic heterocycles. The second-order valence-electron chi connectivity index (χ2n) is 4.84. The van der Waals surface area contributed by atoms with Crippen LogP contribution < -0.4 is 10.5 Å². The molecule has 120 valence electrons. The van der Waals surface area contributed by atoms with E-state index in [-0.39, 0.29) is 28.9 Å². The third-order valence-corrected chi connectivity index (χ3v) is 3.29. The first-order valence-electron chi connectivity index (χ1n) is 6.45. The van der Waals surface area contributed by atoms with Gasteiger partial charge in [0, 0.05) is 5.39 Å². The number of nitrogens with two attached hydrogens (primary N) is 1. The van der Waals surface area contributed by atoms with Crippen molar-refractivity contribution in [3.05, 3.63) is 29.3 Å². The molecule has 0 aliphatic rings. The number of hydrogen-bond donors (Lipinski definition) is 1. The number of ether oxygens (including phenoxy) is 1. The molecule has 0 unspecified atom stereocenters. The molecule has 2 heterocycles. The Morgan fingerprint density at radius 1 is 1.17 bits per heavy atom. The van der Waals surface area contributed by atoms with Crippen LogP contribution in [-0.2, 0) is 6.18 Å². The highest BCUT2D eigenvalue weighted by molar-refractivity contribution is 5.88. The van der Waals surface area contributed by atoms with Crippen LogP contribution in [0.3, 0.4) is 0 Å². The van der Waals surface area contributed by atoms with E-state index in [2.05, 4.69) is 15.2 Å². The summed E-state index contributed by atoms with van der Waals surface area (Å²) in [6.07, 6.45) is -4.58. The van der Waals surface area contributed by atoms with Crippen molar-refractivity contribution in [1.29, 1.82) is 0 Å². The summed E-state index contributed by atoms with van der Waals surface area (Å²) in [7, 11) is 1.31.